The molecule has 2 saturated carbocycles. The smallest absolute Gasteiger partial charge is 0.305 e. The number of rotatable bonds is 5. The van der Waals surface area contributed by atoms with Crippen LogP contribution >= 0.6 is 23.1 Å². The Labute approximate surface area is 197 Å². The summed E-state index contributed by atoms with van der Waals surface area (Å²) in [4.78, 5) is 54.7. The number of aliphatic carboxylic acids is 1. The molecule has 7 atom stereocenters. The molecule has 0 radical (unpaired) electrons. The minimum Gasteiger partial charge on any atom is -0.508 e. The molecule has 8 nitrogen and oxygen atoms in total. The maximum absolute atomic E-state index is 13.3. The second-order valence-electron chi connectivity index (χ2n) is 9.34. The first-order valence-electron chi connectivity index (χ1n) is 11.1. The normalized spacial score (nSPS) is 33.8. The number of carbonyl (C=O) groups is 3. The number of likely N-dealkylation sites (tertiary alicyclic amines) is 1. The number of benzene rings is 1. The zero-order valence-electron chi connectivity index (χ0n) is 17.5. The SMILES string of the molecule is O=C(O)CCCN1C(=O)C2C3CC(C2C1=O)C1C3Sc2[nH]c(=O)sc2[C@H]1c1ccccc1O. The molecule has 2 aliphatic heterocycles. The van der Waals surface area contributed by atoms with E-state index in [2.05, 4.69) is 4.98 Å². The van der Waals surface area contributed by atoms with Crippen molar-refractivity contribution in [2.24, 2.45) is 29.6 Å². The van der Waals surface area contributed by atoms with Crippen molar-refractivity contribution >= 4 is 40.9 Å². The van der Waals surface area contributed by atoms with E-state index in [4.69, 9.17) is 5.11 Å². The number of hydrogen-bond acceptors (Lipinski definition) is 7. The lowest BCUT2D eigenvalue weighted by atomic mass is 9.68. The summed E-state index contributed by atoms with van der Waals surface area (Å²) >= 11 is 2.76. The number of imide groups is 1. The van der Waals surface area contributed by atoms with Crippen LogP contribution in [0.3, 0.4) is 0 Å². The Bertz CT molecular complexity index is 1240. The van der Waals surface area contributed by atoms with Crippen LogP contribution in [0.1, 0.15) is 35.6 Å². The number of phenolic OH excluding ortho intramolecular Hbond substituents is 1. The molecule has 10 heteroatoms. The number of para-hydroxylation sites is 1. The Balaban J connectivity index is 1.39. The molecule has 33 heavy (non-hydrogen) atoms. The fraction of sp³-hybridized carbons (Fsp3) is 0.478. The van der Waals surface area contributed by atoms with Crippen LogP contribution in [0, 0.1) is 29.6 Å². The van der Waals surface area contributed by atoms with Crippen LogP contribution in [0.25, 0.3) is 0 Å². The number of thioether (sulfide) groups is 1. The van der Waals surface area contributed by atoms with Gasteiger partial charge >= 0.3 is 10.8 Å². The third kappa shape index (κ3) is 2.96. The number of carbonyl (C=O) groups excluding carboxylic acids is 2. The zero-order chi connectivity index (χ0) is 23.0. The highest BCUT2D eigenvalue weighted by atomic mass is 32.2. The molecule has 172 valence electrons. The number of thiazole rings is 1. The van der Waals surface area contributed by atoms with Gasteiger partial charge in [-0.25, -0.2) is 0 Å². The third-order valence-corrected chi connectivity index (χ3v) is 10.4. The summed E-state index contributed by atoms with van der Waals surface area (Å²) < 4.78 is 0. The Morgan fingerprint density at radius 2 is 1.85 bits per heavy atom. The third-order valence-electron chi connectivity index (χ3n) is 7.86. The molecule has 3 N–H and O–H groups in total. The van der Waals surface area contributed by atoms with Crippen LogP contribution in [-0.4, -0.2) is 49.7 Å². The summed E-state index contributed by atoms with van der Waals surface area (Å²) in [5.74, 6) is -2.10. The fourth-order valence-electron chi connectivity index (χ4n) is 6.79. The van der Waals surface area contributed by atoms with Crippen molar-refractivity contribution in [3.63, 3.8) is 0 Å². The Hall–Kier alpha value is -2.59. The number of carboxylic acids is 1. The molecule has 1 aromatic heterocycles. The summed E-state index contributed by atoms with van der Waals surface area (Å²) in [6.07, 6.45) is 0.951. The van der Waals surface area contributed by atoms with Crippen LogP contribution < -0.4 is 4.87 Å². The molecule has 0 spiro atoms. The molecule has 6 rings (SSSR count). The molecule has 1 aromatic carbocycles. The first-order valence-corrected chi connectivity index (χ1v) is 12.8. The maximum atomic E-state index is 13.3. The van der Waals surface area contributed by atoms with E-state index in [0.717, 1.165) is 33.2 Å². The average Bonchev–Trinajstić information content (AvgIpc) is 3.49. The number of H-pyrrole nitrogens is 1. The van der Waals surface area contributed by atoms with Gasteiger partial charge in [-0.2, -0.15) is 0 Å². The number of nitrogens with one attached hydrogen (secondary N) is 1. The standard InChI is InChI=1S/C23H22N2O6S2/c26-12-5-2-1-4-9(12)14-15-10-8-11(18(15)32-20-19(14)33-23(31)24-20)17-16(10)21(29)25(22(17)30)7-3-6-13(27)28/h1-2,4-5,10-11,14-18,26H,3,6-8H2,(H,24,31)(H,27,28)/t10?,11?,14-,15?,16?,17?,18?/m0/s1. The van der Waals surface area contributed by atoms with Gasteiger partial charge in [-0.3, -0.25) is 24.1 Å². The molecular weight excluding hydrogens is 464 g/mol. The van der Waals surface area contributed by atoms with Crippen molar-refractivity contribution in [1.29, 1.82) is 0 Å². The van der Waals surface area contributed by atoms with E-state index in [1.165, 1.54) is 4.90 Å². The van der Waals surface area contributed by atoms with E-state index in [0.29, 0.717) is 0 Å². The molecule has 2 aromatic rings. The number of hydrogen-bond donors (Lipinski definition) is 3. The highest BCUT2D eigenvalue weighted by Gasteiger charge is 2.69. The molecule has 6 unspecified atom stereocenters. The van der Waals surface area contributed by atoms with Crippen molar-refractivity contribution in [3.05, 3.63) is 44.4 Å². The predicted molar refractivity (Wildman–Crippen MR) is 120 cm³/mol. The van der Waals surface area contributed by atoms with Gasteiger partial charge in [0.05, 0.1) is 16.9 Å². The van der Waals surface area contributed by atoms with Crippen LogP contribution in [0.2, 0.25) is 0 Å². The lowest BCUT2D eigenvalue weighted by molar-refractivity contribution is -0.142. The van der Waals surface area contributed by atoms with Gasteiger partial charge in [0.25, 0.3) is 0 Å². The fourth-order valence-corrected chi connectivity index (χ4v) is 9.67. The van der Waals surface area contributed by atoms with E-state index in [-0.39, 0.29) is 76.7 Å². The second-order valence-corrected chi connectivity index (χ2v) is 11.5. The Morgan fingerprint density at radius 3 is 2.58 bits per heavy atom. The highest BCUT2D eigenvalue weighted by molar-refractivity contribution is 8.00. The molecule has 3 fully saturated rings. The lowest BCUT2D eigenvalue weighted by Gasteiger charge is -2.43. The van der Waals surface area contributed by atoms with Crippen LogP contribution in [0.5, 0.6) is 5.75 Å². The van der Waals surface area contributed by atoms with Gasteiger partial charge in [-0.05, 0) is 36.7 Å². The largest absolute Gasteiger partial charge is 0.508 e. The quantitative estimate of drug-likeness (QED) is 0.554. The molecule has 2 bridgehead atoms. The lowest BCUT2D eigenvalue weighted by Crippen LogP contribution is -2.42. The summed E-state index contributed by atoms with van der Waals surface area (Å²) in [5.41, 5.74) is 0.753. The van der Waals surface area contributed by atoms with Crippen LogP contribution in [0.15, 0.2) is 34.1 Å². The summed E-state index contributed by atoms with van der Waals surface area (Å²) in [6, 6.07) is 7.15. The van der Waals surface area contributed by atoms with Gasteiger partial charge in [0, 0.05) is 34.6 Å². The van der Waals surface area contributed by atoms with Crippen molar-refractivity contribution in [1.82, 2.24) is 9.88 Å². The molecule has 1 saturated heterocycles. The summed E-state index contributed by atoms with van der Waals surface area (Å²) in [6.45, 7) is 0.141. The van der Waals surface area contributed by atoms with E-state index in [9.17, 15) is 24.3 Å². The van der Waals surface area contributed by atoms with Gasteiger partial charge in [0.2, 0.25) is 11.8 Å². The van der Waals surface area contributed by atoms with Crippen molar-refractivity contribution in [2.45, 2.75) is 35.5 Å². The van der Waals surface area contributed by atoms with Crippen molar-refractivity contribution < 1.29 is 24.6 Å². The van der Waals surface area contributed by atoms with Crippen LogP contribution in [0.4, 0.5) is 0 Å². The number of aromatic amines is 1. The monoisotopic (exact) mass is 486 g/mol. The predicted octanol–water partition coefficient (Wildman–Crippen LogP) is 2.48. The first-order chi connectivity index (χ1) is 15.9. The zero-order valence-corrected chi connectivity index (χ0v) is 19.1. The number of nitrogens with zero attached hydrogens (tertiary/aromatic N) is 1. The minimum absolute atomic E-state index is 0.0147. The van der Waals surface area contributed by atoms with Crippen molar-refractivity contribution in [2.75, 3.05) is 6.54 Å². The second kappa shape index (κ2) is 7.46. The average molecular weight is 487 g/mol. The summed E-state index contributed by atoms with van der Waals surface area (Å²) in [5, 5.41) is 20.5. The van der Waals surface area contributed by atoms with E-state index in [1.54, 1.807) is 23.9 Å². The van der Waals surface area contributed by atoms with Gasteiger partial charge < -0.3 is 15.2 Å². The first kappa shape index (κ1) is 21.0. The Morgan fingerprint density at radius 1 is 1.12 bits per heavy atom. The number of fused-ring (bicyclic) bond motifs is 9. The molecular formula is C23H22N2O6S2. The maximum Gasteiger partial charge on any atom is 0.305 e. The van der Waals surface area contributed by atoms with E-state index in [1.807, 2.05) is 12.1 Å². The van der Waals surface area contributed by atoms with Gasteiger partial charge in [0.1, 0.15) is 5.75 Å². The van der Waals surface area contributed by atoms with E-state index < -0.39 is 11.9 Å². The van der Waals surface area contributed by atoms with E-state index >= 15 is 0 Å². The van der Waals surface area contributed by atoms with Gasteiger partial charge in [-0.1, -0.05) is 29.5 Å². The van der Waals surface area contributed by atoms with Gasteiger partial charge in [-0.15, -0.1) is 11.8 Å². The number of carboxylic acid groups (broad SMARTS) is 1. The number of aromatic nitrogens is 1. The molecule has 2 aliphatic carbocycles. The van der Waals surface area contributed by atoms with Crippen molar-refractivity contribution in [3.8, 4) is 5.75 Å². The molecule has 3 heterocycles. The molecule has 4 aliphatic rings. The van der Waals surface area contributed by atoms with Crippen LogP contribution in [-0.2, 0) is 14.4 Å². The topological polar surface area (TPSA) is 128 Å². The highest BCUT2D eigenvalue weighted by Crippen LogP contribution is 2.68. The number of amides is 2. The Kier molecular flexibility index (Phi) is 4.74. The molecule has 2 amide bonds. The number of phenols is 1. The number of aromatic hydroxyl groups is 1. The van der Waals surface area contributed by atoms with Gasteiger partial charge in [0.15, 0.2) is 0 Å². The minimum atomic E-state index is -0.942. The summed E-state index contributed by atoms with van der Waals surface area (Å²) in [7, 11) is 0.